The van der Waals surface area contributed by atoms with Crippen molar-refractivity contribution in [2.24, 2.45) is 0 Å². The second-order valence-electron chi connectivity index (χ2n) is 8.96. The number of alkyl halides is 1. The van der Waals surface area contributed by atoms with Gasteiger partial charge < -0.3 is 10.2 Å². The molecule has 3 aliphatic rings. The minimum atomic E-state index is -0.878. The van der Waals surface area contributed by atoms with Gasteiger partial charge in [0, 0.05) is 38.0 Å². The molecule has 3 aliphatic heterocycles. The van der Waals surface area contributed by atoms with Crippen LogP contribution in [0.2, 0.25) is 0 Å². The third-order valence-corrected chi connectivity index (χ3v) is 6.44. The molecule has 0 aliphatic carbocycles. The quantitative estimate of drug-likeness (QED) is 0.544. The first-order valence-corrected chi connectivity index (χ1v) is 11.1. The Labute approximate surface area is 189 Å². The maximum Gasteiger partial charge on any atom is 0.255 e. The van der Waals surface area contributed by atoms with Crippen molar-refractivity contribution < 1.29 is 18.8 Å². The van der Waals surface area contributed by atoms with Crippen molar-refractivity contribution in [2.75, 3.05) is 13.6 Å². The number of hydrogen-bond acceptors (Lipinski definition) is 7. The molecule has 174 valence electrons. The largest absolute Gasteiger partial charge is 0.322 e. The number of nitrogens with zero attached hydrogens (tertiary/aromatic N) is 4. The summed E-state index contributed by atoms with van der Waals surface area (Å²) >= 11 is 0. The van der Waals surface area contributed by atoms with Gasteiger partial charge in [-0.25, -0.2) is 9.37 Å². The molecule has 33 heavy (non-hydrogen) atoms. The van der Waals surface area contributed by atoms with Gasteiger partial charge in [-0.05, 0) is 24.6 Å². The third-order valence-electron chi connectivity index (χ3n) is 6.44. The summed E-state index contributed by atoms with van der Waals surface area (Å²) in [4.78, 5) is 45.1. The van der Waals surface area contributed by atoms with E-state index >= 15 is 0 Å². The highest BCUT2D eigenvalue weighted by molar-refractivity contribution is 6.05. The number of hydrogen-bond donors (Lipinski definition) is 3. The van der Waals surface area contributed by atoms with Crippen LogP contribution in [0, 0.1) is 0 Å². The Morgan fingerprint density at radius 3 is 2.85 bits per heavy atom. The van der Waals surface area contributed by atoms with E-state index < -0.39 is 18.1 Å². The summed E-state index contributed by atoms with van der Waals surface area (Å²) in [5.74, 6) is 0.336. The van der Waals surface area contributed by atoms with Gasteiger partial charge in [-0.15, -0.1) is 0 Å². The zero-order valence-electron chi connectivity index (χ0n) is 18.3. The number of rotatable bonds is 6. The number of halogens is 1. The van der Waals surface area contributed by atoms with Crippen molar-refractivity contribution in [3.8, 4) is 0 Å². The third kappa shape index (κ3) is 4.25. The molecule has 2 saturated heterocycles. The Kier molecular flexibility index (Phi) is 5.67. The zero-order valence-corrected chi connectivity index (χ0v) is 18.3. The first-order chi connectivity index (χ1) is 15.9. The monoisotopic (exact) mass is 455 g/mol. The molecule has 0 spiro atoms. The molecule has 3 atom stereocenters. The molecule has 2 aromatic rings. The van der Waals surface area contributed by atoms with E-state index in [4.69, 9.17) is 0 Å². The maximum atomic E-state index is 13.4. The van der Waals surface area contributed by atoms with Crippen LogP contribution in [-0.2, 0) is 29.2 Å². The Balaban J connectivity index is 1.26. The summed E-state index contributed by atoms with van der Waals surface area (Å²) in [7, 11) is 1.92. The topological polar surface area (TPSA) is 123 Å². The van der Waals surface area contributed by atoms with Gasteiger partial charge in [-0.1, -0.05) is 18.2 Å². The van der Waals surface area contributed by atoms with Crippen LogP contribution in [0.15, 0.2) is 18.2 Å². The van der Waals surface area contributed by atoms with Crippen molar-refractivity contribution in [3.63, 3.8) is 0 Å². The molecule has 4 heterocycles. The van der Waals surface area contributed by atoms with E-state index in [1.54, 1.807) is 4.90 Å². The minimum absolute atomic E-state index is 0.177. The molecule has 1 unspecified atom stereocenters. The number of carbonyl (C=O) groups is 3. The second-order valence-corrected chi connectivity index (χ2v) is 8.96. The molecule has 0 radical (unpaired) electrons. The van der Waals surface area contributed by atoms with Gasteiger partial charge in [0.15, 0.2) is 5.82 Å². The number of fused-ring (bicyclic) bond motifs is 1. The van der Waals surface area contributed by atoms with E-state index in [-0.39, 0.29) is 24.3 Å². The average Bonchev–Trinajstić information content (AvgIpc) is 3.48. The summed E-state index contributed by atoms with van der Waals surface area (Å²) < 4.78 is 13.4. The number of benzene rings is 1. The number of amides is 3. The highest BCUT2D eigenvalue weighted by Crippen LogP contribution is 2.30. The maximum absolute atomic E-state index is 13.4. The predicted octanol–water partition coefficient (Wildman–Crippen LogP) is 0.570. The van der Waals surface area contributed by atoms with Crippen LogP contribution >= 0.6 is 0 Å². The predicted molar refractivity (Wildman–Crippen MR) is 114 cm³/mol. The van der Waals surface area contributed by atoms with Crippen molar-refractivity contribution in [3.05, 3.63) is 46.5 Å². The molecule has 1 aromatic heterocycles. The smallest absolute Gasteiger partial charge is 0.255 e. The summed E-state index contributed by atoms with van der Waals surface area (Å²) in [6.45, 7) is 1.65. The van der Waals surface area contributed by atoms with Crippen molar-refractivity contribution in [1.29, 1.82) is 0 Å². The van der Waals surface area contributed by atoms with Crippen LogP contribution in [0.1, 0.15) is 58.4 Å². The Hall–Kier alpha value is -3.18. The van der Waals surface area contributed by atoms with Gasteiger partial charge in [0.25, 0.3) is 5.91 Å². The van der Waals surface area contributed by atoms with Crippen LogP contribution in [0.5, 0.6) is 0 Å². The molecule has 5 rings (SSSR count). The van der Waals surface area contributed by atoms with E-state index in [0.717, 1.165) is 11.1 Å². The molecular formula is C22H26FN7O3. The van der Waals surface area contributed by atoms with E-state index in [0.29, 0.717) is 56.2 Å². The molecule has 10 nitrogen and oxygen atoms in total. The second kappa shape index (κ2) is 8.64. The van der Waals surface area contributed by atoms with Crippen LogP contribution in [0.4, 0.5) is 4.39 Å². The fraction of sp³-hybridized carbons (Fsp3) is 0.500. The van der Waals surface area contributed by atoms with Crippen LogP contribution in [0.3, 0.4) is 0 Å². The lowest BCUT2D eigenvalue weighted by Gasteiger charge is -2.29. The number of carbonyl (C=O) groups excluding carboxylic acids is 3. The number of aromatic nitrogens is 3. The molecule has 3 N–H and O–H groups in total. The first kappa shape index (κ1) is 21.7. The first-order valence-electron chi connectivity index (χ1n) is 11.1. The molecule has 3 amide bonds. The summed E-state index contributed by atoms with van der Waals surface area (Å²) in [5.41, 5.74) is 2.37. The van der Waals surface area contributed by atoms with Crippen molar-refractivity contribution >= 4 is 17.7 Å². The zero-order chi connectivity index (χ0) is 23.1. The summed E-state index contributed by atoms with van der Waals surface area (Å²) in [6, 6.07) is 4.92. The summed E-state index contributed by atoms with van der Waals surface area (Å²) in [6.07, 6.45) is 0.0620. The minimum Gasteiger partial charge on any atom is -0.322 e. The standard InChI is InChI=1S/C22H26FN7O3/c1-29(11-17-25-20(28-27-17)15-7-14(23)8-24-15)9-12-3-2-4-13-10-30(22(33)19(12)13)16-5-6-18(31)26-21(16)32/h2-4,14-16,24H,5-11H2,1H3,(H,25,27,28)(H,26,31,32)/t14-,15+,16?/m0/s1. The lowest BCUT2D eigenvalue weighted by atomic mass is 10.0. The van der Waals surface area contributed by atoms with Crippen molar-refractivity contribution in [1.82, 2.24) is 35.6 Å². The van der Waals surface area contributed by atoms with Crippen molar-refractivity contribution in [2.45, 2.75) is 57.2 Å². The normalized spacial score (nSPS) is 25.1. The van der Waals surface area contributed by atoms with Crippen LogP contribution < -0.4 is 10.6 Å². The lowest BCUT2D eigenvalue weighted by molar-refractivity contribution is -0.136. The Morgan fingerprint density at radius 2 is 2.09 bits per heavy atom. The van der Waals surface area contributed by atoms with Gasteiger partial charge in [-0.2, -0.15) is 5.10 Å². The van der Waals surface area contributed by atoms with E-state index in [1.807, 2.05) is 30.1 Å². The van der Waals surface area contributed by atoms with Gasteiger partial charge in [-0.3, -0.25) is 29.7 Å². The molecule has 0 saturated carbocycles. The highest BCUT2D eigenvalue weighted by Gasteiger charge is 2.40. The Morgan fingerprint density at radius 1 is 1.24 bits per heavy atom. The van der Waals surface area contributed by atoms with Gasteiger partial charge in [0.05, 0.1) is 12.6 Å². The number of imide groups is 1. The lowest BCUT2D eigenvalue weighted by Crippen LogP contribution is -2.52. The molecule has 1 aromatic carbocycles. The fourth-order valence-corrected chi connectivity index (χ4v) is 4.85. The summed E-state index contributed by atoms with van der Waals surface area (Å²) in [5, 5.41) is 12.6. The van der Waals surface area contributed by atoms with Gasteiger partial charge in [0.1, 0.15) is 18.0 Å². The van der Waals surface area contributed by atoms with Crippen LogP contribution in [-0.4, -0.2) is 68.5 Å². The number of piperidine rings is 1. The fourth-order valence-electron chi connectivity index (χ4n) is 4.85. The van der Waals surface area contributed by atoms with E-state index in [1.165, 1.54) is 0 Å². The van der Waals surface area contributed by atoms with Gasteiger partial charge >= 0.3 is 0 Å². The highest BCUT2D eigenvalue weighted by atomic mass is 19.1. The van der Waals surface area contributed by atoms with Crippen LogP contribution in [0.25, 0.3) is 0 Å². The molecule has 0 bridgehead atoms. The van der Waals surface area contributed by atoms with Gasteiger partial charge in [0.2, 0.25) is 11.8 Å². The number of H-pyrrole nitrogens is 1. The molecule has 2 fully saturated rings. The van der Waals surface area contributed by atoms with E-state index in [2.05, 4.69) is 25.8 Å². The molecular weight excluding hydrogens is 429 g/mol. The SMILES string of the molecule is CN(Cc1nc([C@H]2C[C@H](F)CN2)n[nH]1)Cc1cccc2c1C(=O)N(C1CCC(=O)NC1=O)C2. The number of nitrogens with one attached hydrogen (secondary N) is 3. The average molecular weight is 455 g/mol. The molecule has 11 heteroatoms. The number of aromatic amines is 1. The van der Waals surface area contributed by atoms with E-state index in [9.17, 15) is 18.8 Å². The Bertz CT molecular complexity index is 1100.